The number of nitrogens with one attached hydrogen (secondary N) is 2. The lowest BCUT2D eigenvalue weighted by molar-refractivity contribution is -0.115. The van der Waals surface area contributed by atoms with Gasteiger partial charge in [-0.25, -0.2) is 0 Å². The summed E-state index contributed by atoms with van der Waals surface area (Å²) < 4.78 is 5.55. The minimum atomic E-state index is 0.0253. The first kappa shape index (κ1) is 11.8. The summed E-state index contributed by atoms with van der Waals surface area (Å²) in [6.45, 7) is 1.61. The van der Waals surface area contributed by atoms with E-state index >= 15 is 0 Å². The van der Waals surface area contributed by atoms with Gasteiger partial charge in [0.1, 0.15) is 0 Å². The summed E-state index contributed by atoms with van der Waals surface area (Å²) in [5.41, 5.74) is 2.70. The molecule has 1 amide bonds. The first-order chi connectivity index (χ1) is 8.72. The Balaban J connectivity index is 1.72. The smallest absolute Gasteiger partial charge is 0.228 e. The number of hydrogen-bond donors (Lipinski definition) is 2. The number of carbonyl (C=O) groups is 1. The molecule has 4 nitrogen and oxygen atoms in total. The molecule has 1 aromatic carbocycles. The maximum atomic E-state index is 11.3. The van der Waals surface area contributed by atoms with E-state index < -0.39 is 0 Å². The molecule has 0 aromatic heterocycles. The fourth-order valence-electron chi connectivity index (χ4n) is 2.41. The van der Waals surface area contributed by atoms with Crippen LogP contribution in [-0.2, 0) is 16.0 Å². The molecule has 18 heavy (non-hydrogen) atoms. The van der Waals surface area contributed by atoms with Crippen molar-refractivity contribution in [3.63, 3.8) is 0 Å². The Morgan fingerprint density at radius 1 is 1.50 bits per heavy atom. The lowest BCUT2D eigenvalue weighted by Gasteiger charge is -2.14. The van der Waals surface area contributed by atoms with E-state index in [1.165, 1.54) is 0 Å². The molecule has 2 aliphatic heterocycles. The quantitative estimate of drug-likeness (QED) is 0.883. The summed E-state index contributed by atoms with van der Waals surface area (Å²) >= 11 is 6.19. The third-order valence-corrected chi connectivity index (χ3v) is 3.67. The highest BCUT2D eigenvalue weighted by Crippen LogP contribution is 2.33. The lowest BCUT2D eigenvalue weighted by Crippen LogP contribution is -2.18. The highest BCUT2D eigenvalue weighted by atomic mass is 35.5. The average molecular weight is 267 g/mol. The molecule has 2 heterocycles. The SMILES string of the molecule is O=C1Cc2cc(NCC3CCCO3)c(Cl)cc2N1. The van der Waals surface area contributed by atoms with E-state index in [1.807, 2.05) is 6.07 Å². The van der Waals surface area contributed by atoms with Crippen LogP contribution < -0.4 is 10.6 Å². The van der Waals surface area contributed by atoms with Crippen LogP contribution in [0.2, 0.25) is 5.02 Å². The van der Waals surface area contributed by atoms with Crippen molar-refractivity contribution in [2.75, 3.05) is 23.8 Å². The van der Waals surface area contributed by atoms with Gasteiger partial charge in [0.15, 0.2) is 0 Å². The van der Waals surface area contributed by atoms with E-state index in [0.29, 0.717) is 11.4 Å². The predicted molar refractivity (Wildman–Crippen MR) is 71.2 cm³/mol. The van der Waals surface area contributed by atoms with Gasteiger partial charge in [0.05, 0.1) is 23.2 Å². The van der Waals surface area contributed by atoms with Gasteiger partial charge in [-0.15, -0.1) is 0 Å². The molecule has 2 aliphatic rings. The van der Waals surface area contributed by atoms with Crippen molar-refractivity contribution in [3.05, 3.63) is 22.7 Å². The predicted octanol–water partition coefficient (Wildman–Crippen LogP) is 2.43. The summed E-state index contributed by atoms with van der Waals surface area (Å²) in [7, 11) is 0. The van der Waals surface area contributed by atoms with E-state index in [1.54, 1.807) is 6.07 Å². The zero-order valence-corrected chi connectivity index (χ0v) is 10.7. The van der Waals surface area contributed by atoms with E-state index in [2.05, 4.69) is 10.6 Å². The standard InChI is InChI=1S/C13H15ClN2O2/c14-10-6-11-8(5-13(17)16-11)4-12(10)15-7-9-2-1-3-18-9/h4,6,9,15H,1-3,5,7H2,(H,16,17). The number of amides is 1. The third kappa shape index (κ3) is 2.31. The second kappa shape index (κ2) is 4.78. The van der Waals surface area contributed by atoms with E-state index in [9.17, 15) is 4.79 Å². The number of carbonyl (C=O) groups excluding carboxylic acids is 1. The Kier molecular flexibility index (Phi) is 3.14. The van der Waals surface area contributed by atoms with Crippen LogP contribution in [0.1, 0.15) is 18.4 Å². The minimum Gasteiger partial charge on any atom is -0.381 e. The van der Waals surface area contributed by atoms with Crippen LogP contribution in [0, 0.1) is 0 Å². The fourth-order valence-corrected chi connectivity index (χ4v) is 2.64. The van der Waals surface area contributed by atoms with Crippen molar-refractivity contribution in [3.8, 4) is 0 Å². The van der Waals surface area contributed by atoms with Crippen molar-refractivity contribution in [2.24, 2.45) is 0 Å². The van der Waals surface area contributed by atoms with Crippen LogP contribution in [-0.4, -0.2) is 25.2 Å². The first-order valence-electron chi connectivity index (χ1n) is 6.20. The molecule has 1 aromatic rings. The second-order valence-electron chi connectivity index (χ2n) is 4.73. The molecule has 1 unspecified atom stereocenters. The minimum absolute atomic E-state index is 0.0253. The zero-order valence-electron chi connectivity index (χ0n) is 9.96. The van der Waals surface area contributed by atoms with Gasteiger partial charge in [-0.1, -0.05) is 11.6 Å². The topological polar surface area (TPSA) is 50.4 Å². The third-order valence-electron chi connectivity index (χ3n) is 3.36. The molecule has 5 heteroatoms. The Morgan fingerprint density at radius 3 is 3.17 bits per heavy atom. The van der Waals surface area contributed by atoms with Crippen LogP contribution in [0.4, 0.5) is 11.4 Å². The molecule has 3 rings (SSSR count). The molecular weight excluding hydrogens is 252 g/mol. The normalized spacial score (nSPS) is 21.8. The number of halogens is 1. The summed E-state index contributed by atoms with van der Waals surface area (Å²) in [6, 6.07) is 3.75. The molecule has 0 spiro atoms. The van der Waals surface area contributed by atoms with E-state index in [-0.39, 0.29) is 12.0 Å². The largest absolute Gasteiger partial charge is 0.381 e. The fraction of sp³-hybridized carbons (Fsp3) is 0.462. The molecule has 1 atom stereocenters. The molecule has 0 bridgehead atoms. The van der Waals surface area contributed by atoms with E-state index in [4.69, 9.17) is 16.3 Å². The van der Waals surface area contributed by atoms with Crippen molar-refractivity contribution in [1.82, 2.24) is 0 Å². The van der Waals surface area contributed by atoms with Gasteiger partial charge in [-0.05, 0) is 30.5 Å². The van der Waals surface area contributed by atoms with Crippen LogP contribution in [0.3, 0.4) is 0 Å². The van der Waals surface area contributed by atoms with Crippen LogP contribution in [0.5, 0.6) is 0 Å². The Labute approximate surface area is 111 Å². The zero-order chi connectivity index (χ0) is 12.5. The van der Waals surface area contributed by atoms with Gasteiger partial charge in [0, 0.05) is 18.8 Å². The molecule has 96 valence electrons. The Hall–Kier alpha value is -1.26. The molecule has 1 saturated heterocycles. The molecule has 0 radical (unpaired) electrons. The van der Waals surface area contributed by atoms with Gasteiger partial charge in [-0.2, -0.15) is 0 Å². The summed E-state index contributed by atoms with van der Waals surface area (Å²) in [5.74, 6) is 0.0253. The maximum Gasteiger partial charge on any atom is 0.228 e. The number of hydrogen-bond acceptors (Lipinski definition) is 3. The molecule has 2 N–H and O–H groups in total. The van der Waals surface area contributed by atoms with Gasteiger partial charge in [0.2, 0.25) is 5.91 Å². The van der Waals surface area contributed by atoms with E-state index in [0.717, 1.165) is 42.9 Å². The summed E-state index contributed by atoms with van der Waals surface area (Å²) in [6.07, 6.45) is 2.92. The average Bonchev–Trinajstić information content (AvgIpc) is 2.94. The van der Waals surface area contributed by atoms with Crippen molar-refractivity contribution in [1.29, 1.82) is 0 Å². The Morgan fingerprint density at radius 2 is 2.39 bits per heavy atom. The summed E-state index contributed by atoms with van der Waals surface area (Å²) in [4.78, 5) is 11.3. The molecule has 1 fully saturated rings. The van der Waals surface area contributed by atoms with Gasteiger partial charge < -0.3 is 15.4 Å². The highest BCUT2D eigenvalue weighted by molar-refractivity contribution is 6.33. The second-order valence-corrected chi connectivity index (χ2v) is 5.14. The number of ether oxygens (including phenoxy) is 1. The maximum absolute atomic E-state index is 11.3. The number of anilines is 2. The van der Waals surface area contributed by atoms with Crippen LogP contribution in [0.15, 0.2) is 12.1 Å². The van der Waals surface area contributed by atoms with Crippen molar-refractivity contribution < 1.29 is 9.53 Å². The molecular formula is C13H15ClN2O2. The molecule has 0 aliphatic carbocycles. The Bertz CT molecular complexity index is 484. The lowest BCUT2D eigenvalue weighted by atomic mass is 10.1. The van der Waals surface area contributed by atoms with Gasteiger partial charge >= 0.3 is 0 Å². The van der Waals surface area contributed by atoms with Gasteiger partial charge in [-0.3, -0.25) is 4.79 Å². The number of fused-ring (bicyclic) bond motifs is 1. The number of rotatable bonds is 3. The first-order valence-corrected chi connectivity index (χ1v) is 6.58. The highest BCUT2D eigenvalue weighted by Gasteiger charge is 2.20. The van der Waals surface area contributed by atoms with Crippen LogP contribution in [0.25, 0.3) is 0 Å². The monoisotopic (exact) mass is 266 g/mol. The summed E-state index contributed by atoms with van der Waals surface area (Å²) in [5, 5.41) is 6.72. The van der Waals surface area contributed by atoms with Crippen molar-refractivity contribution >= 4 is 28.9 Å². The van der Waals surface area contributed by atoms with Crippen LogP contribution >= 0.6 is 11.6 Å². The van der Waals surface area contributed by atoms with Gasteiger partial charge in [0.25, 0.3) is 0 Å². The number of benzene rings is 1. The van der Waals surface area contributed by atoms with Crippen molar-refractivity contribution in [2.45, 2.75) is 25.4 Å². The molecule has 0 saturated carbocycles.